The van der Waals surface area contributed by atoms with Gasteiger partial charge in [-0.15, -0.1) is 0 Å². The molecule has 0 saturated heterocycles. The van der Waals surface area contributed by atoms with Crippen molar-refractivity contribution in [2.75, 3.05) is 7.11 Å². The fourth-order valence-corrected chi connectivity index (χ4v) is 4.44. The molecule has 1 heterocycles. The van der Waals surface area contributed by atoms with Crippen LogP contribution in [0.4, 0.5) is 0 Å². The van der Waals surface area contributed by atoms with Crippen LogP contribution in [0.15, 0.2) is 70.5 Å². The Labute approximate surface area is 183 Å². The Kier molecular flexibility index (Phi) is 5.86. The molecule has 3 aromatic rings. The van der Waals surface area contributed by atoms with Gasteiger partial charge in [-0.1, -0.05) is 59.2 Å². The molecule has 0 spiro atoms. The van der Waals surface area contributed by atoms with Crippen LogP contribution in [0.25, 0.3) is 6.08 Å². The van der Waals surface area contributed by atoms with E-state index in [-0.39, 0.29) is 5.78 Å². The maximum absolute atomic E-state index is 12.6. The number of fused-ring (bicyclic) bond motifs is 1. The molecule has 1 aliphatic rings. The van der Waals surface area contributed by atoms with Crippen molar-refractivity contribution in [3.8, 4) is 11.5 Å². The van der Waals surface area contributed by atoms with Crippen LogP contribution in [-0.2, 0) is 6.61 Å². The summed E-state index contributed by atoms with van der Waals surface area (Å²) in [7, 11) is 1.56. The summed E-state index contributed by atoms with van der Waals surface area (Å²) in [6, 6.07) is 18.6. The predicted molar refractivity (Wildman–Crippen MR) is 118 cm³/mol. The van der Waals surface area contributed by atoms with Crippen molar-refractivity contribution in [3.63, 3.8) is 0 Å². The molecule has 6 heteroatoms. The average Bonchev–Trinajstić information content (AvgIpc) is 3.04. The predicted octanol–water partition coefficient (Wildman–Crippen LogP) is 6.91. The molecule has 0 radical (unpaired) electrons. The number of allylic oxidation sites excluding steroid dienone is 1. The molecule has 146 valence electrons. The van der Waals surface area contributed by atoms with Gasteiger partial charge in [0.1, 0.15) is 6.61 Å². The third kappa shape index (κ3) is 4.30. The van der Waals surface area contributed by atoms with E-state index in [1.165, 1.54) is 11.8 Å². The highest BCUT2D eigenvalue weighted by Gasteiger charge is 2.25. The Morgan fingerprint density at radius 1 is 1.03 bits per heavy atom. The third-order valence-corrected chi connectivity index (χ3v) is 6.05. The SMILES string of the molecule is COc1cc(/C=C2\Sc3ccccc3C2=O)cc(Cl)c1OCc1ccc(Cl)cc1. The van der Waals surface area contributed by atoms with E-state index in [9.17, 15) is 4.79 Å². The molecule has 4 rings (SSSR count). The summed E-state index contributed by atoms with van der Waals surface area (Å²) < 4.78 is 11.4. The summed E-state index contributed by atoms with van der Waals surface area (Å²) in [5.41, 5.74) is 2.46. The Morgan fingerprint density at radius 3 is 2.52 bits per heavy atom. The molecule has 0 bridgehead atoms. The molecule has 3 nitrogen and oxygen atoms in total. The lowest BCUT2D eigenvalue weighted by molar-refractivity contribution is 0.104. The van der Waals surface area contributed by atoms with Gasteiger partial charge in [0.2, 0.25) is 5.78 Å². The Bertz CT molecular complexity index is 1110. The number of carbonyl (C=O) groups is 1. The number of thioether (sulfide) groups is 1. The number of methoxy groups -OCH3 is 1. The van der Waals surface area contributed by atoms with Crippen LogP contribution < -0.4 is 9.47 Å². The second kappa shape index (κ2) is 8.54. The van der Waals surface area contributed by atoms with Gasteiger partial charge < -0.3 is 9.47 Å². The van der Waals surface area contributed by atoms with Gasteiger partial charge in [0.25, 0.3) is 0 Å². The summed E-state index contributed by atoms with van der Waals surface area (Å²) in [6.07, 6.45) is 1.82. The van der Waals surface area contributed by atoms with Crippen molar-refractivity contribution in [1.29, 1.82) is 0 Å². The van der Waals surface area contributed by atoms with Gasteiger partial charge in [-0.3, -0.25) is 4.79 Å². The van der Waals surface area contributed by atoms with Crippen LogP contribution in [-0.4, -0.2) is 12.9 Å². The van der Waals surface area contributed by atoms with Crippen LogP contribution >= 0.6 is 35.0 Å². The zero-order chi connectivity index (χ0) is 20.4. The van der Waals surface area contributed by atoms with Crippen LogP contribution in [0.2, 0.25) is 10.0 Å². The number of carbonyl (C=O) groups excluding carboxylic acids is 1. The lowest BCUT2D eigenvalue weighted by Crippen LogP contribution is -1.99. The number of rotatable bonds is 5. The maximum Gasteiger partial charge on any atom is 0.200 e. The highest BCUT2D eigenvalue weighted by molar-refractivity contribution is 8.04. The van der Waals surface area contributed by atoms with Crippen molar-refractivity contribution in [3.05, 3.63) is 92.3 Å². The minimum absolute atomic E-state index is 0.0174. The second-order valence-electron chi connectivity index (χ2n) is 6.39. The molecule has 1 aliphatic heterocycles. The van der Waals surface area contributed by atoms with Crippen molar-refractivity contribution in [1.82, 2.24) is 0 Å². The van der Waals surface area contributed by atoms with Crippen LogP contribution in [0.3, 0.4) is 0 Å². The number of Topliss-reactive ketones (excluding diaryl/α,β-unsaturated/α-hetero) is 1. The molecule has 29 heavy (non-hydrogen) atoms. The van der Waals surface area contributed by atoms with E-state index >= 15 is 0 Å². The summed E-state index contributed by atoms with van der Waals surface area (Å²) in [5, 5.41) is 1.08. The fourth-order valence-electron chi connectivity index (χ4n) is 2.99. The zero-order valence-electron chi connectivity index (χ0n) is 15.4. The number of ether oxygens (including phenoxy) is 2. The van der Waals surface area contributed by atoms with E-state index < -0.39 is 0 Å². The van der Waals surface area contributed by atoms with E-state index in [0.717, 1.165) is 21.6 Å². The first-order valence-electron chi connectivity index (χ1n) is 8.83. The summed E-state index contributed by atoms with van der Waals surface area (Å²) >= 11 is 13.8. The Hall–Kier alpha value is -2.40. The molecule has 0 unspecified atom stereocenters. The van der Waals surface area contributed by atoms with Crippen LogP contribution in [0.1, 0.15) is 21.5 Å². The van der Waals surface area contributed by atoms with Crippen molar-refractivity contribution < 1.29 is 14.3 Å². The number of benzene rings is 3. The molecular weight excluding hydrogens is 427 g/mol. The van der Waals surface area contributed by atoms with E-state index in [0.29, 0.717) is 33.1 Å². The Morgan fingerprint density at radius 2 is 1.79 bits per heavy atom. The smallest absolute Gasteiger partial charge is 0.200 e. The maximum atomic E-state index is 12.6. The van der Waals surface area contributed by atoms with Gasteiger partial charge in [-0.25, -0.2) is 0 Å². The van der Waals surface area contributed by atoms with Gasteiger partial charge in [0, 0.05) is 15.5 Å². The van der Waals surface area contributed by atoms with Crippen LogP contribution in [0.5, 0.6) is 11.5 Å². The normalized spacial score (nSPS) is 14.2. The monoisotopic (exact) mass is 442 g/mol. The minimum Gasteiger partial charge on any atom is -0.493 e. The first-order valence-corrected chi connectivity index (χ1v) is 10.4. The number of hydrogen-bond donors (Lipinski definition) is 0. The van der Waals surface area contributed by atoms with Crippen LogP contribution in [0, 0.1) is 0 Å². The summed E-state index contributed by atoms with van der Waals surface area (Å²) in [4.78, 5) is 14.2. The van der Waals surface area contributed by atoms with E-state index in [1.54, 1.807) is 13.2 Å². The van der Waals surface area contributed by atoms with Gasteiger partial charge in [-0.2, -0.15) is 0 Å². The molecule has 3 aromatic carbocycles. The lowest BCUT2D eigenvalue weighted by atomic mass is 10.1. The molecule has 0 aliphatic carbocycles. The van der Waals surface area contributed by atoms with Gasteiger partial charge in [0.05, 0.1) is 17.0 Å². The third-order valence-electron chi connectivity index (χ3n) is 4.42. The summed E-state index contributed by atoms with van der Waals surface area (Å²) in [5.74, 6) is 0.981. The molecule has 0 amide bonds. The quantitative estimate of drug-likeness (QED) is 0.402. The molecule has 0 aromatic heterocycles. The molecule has 0 saturated carbocycles. The first kappa shape index (κ1) is 19.9. The largest absolute Gasteiger partial charge is 0.493 e. The van der Waals surface area contributed by atoms with Gasteiger partial charge >= 0.3 is 0 Å². The lowest BCUT2D eigenvalue weighted by Gasteiger charge is -2.13. The molecule has 0 N–H and O–H groups in total. The molecule has 0 fully saturated rings. The van der Waals surface area contributed by atoms with Crippen molar-refractivity contribution in [2.45, 2.75) is 11.5 Å². The zero-order valence-corrected chi connectivity index (χ0v) is 17.8. The highest BCUT2D eigenvalue weighted by atomic mass is 35.5. The van der Waals surface area contributed by atoms with Gasteiger partial charge in [0.15, 0.2) is 11.5 Å². The topological polar surface area (TPSA) is 35.5 Å². The summed E-state index contributed by atoms with van der Waals surface area (Å²) in [6.45, 7) is 0.331. The van der Waals surface area contributed by atoms with Gasteiger partial charge in [-0.05, 0) is 53.6 Å². The Balaban J connectivity index is 1.58. The van der Waals surface area contributed by atoms with E-state index in [4.69, 9.17) is 32.7 Å². The first-order chi connectivity index (χ1) is 14.0. The number of halogens is 2. The second-order valence-corrected chi connectivity index (χ2v) is 8.31. The number of hydrogen-bond acceptors (Lipinski definition) is 4. The number of ketones is 1. The average molecular weight is 443 g/mol. The minimum atomic E-state index is 0.0174. The molecule has 0 atom stereocenters. The van der Waals surface area contributed by atoms with Crippen molar-refractivity contribution >= 4 is 46.8 Å². The standard InChI is InChI=1S/C23H16Cl2O3S/c1-27-19-11-15(12-21-22(26)17-4-2-3-5-20(17)29-21)10-18(25)23(19)28-13-14-6-8-16(24)9-7-14/h2-12H,13H2,1H3/b21-12-. The highest BCUT2D eigenvalue weighted by Crippen LogP contribution is 2.42. The van der Waals surface area contributed by atoms with E-state index in [1.807, 2.05) is 60.7 Å². The fraction of sp³-hybridized carbons (Fsp3) is 0.0870. The molecular formula is C23H16Cl2O3S. The van der Waals surface area contributed by atoms with E-state index in [2.05, 4.69) is 0 Å². The van der Waals surface area contributed by atoms with Crippen molar-refractivity contribution in [2.24, 2.45) is 0 Å².